The van der Waals surface area contributed by atoms with E-state index in [1.54, 1.807) is 6.20 Å². The zero-order chi connectivity index (χ0) is 13.9. The zero-order valence-electron chi connectivity index (χ0n) is 12.3. The average molecular weight is 262 g/mol. The van der Waals surface area contributed by atoms with Crippen LogP contribution in [0.5, 0.6) is 0 Å². The molecule has 1 aromatic heterocycles. The van der Waals surface area contributed by atoms with Crippen LogP contribution in [0.2, 0.25) is 0 Å². The van der Waals surface area contributed by atoms with Gasteiger partial charge in [-0.05, 0) is 24.0 Å². The third-order valence-corrected chi connectivity index (χ3v) is 3.37. The van der Waals surface area contributed by atoms with Gasteiger partial charge in [-0.1, -0.05) is 32.8 Å². The van der Waals surface area contributed by atoms with Crippen LogP contribution in [0.4, 0.5) is 0 Å². The summed E-state index contributed by atoms with van der Waals surface area (Å²) in [4.78, 5) is 8.35. The van der Waals surface area contributed by atoms with Crippen LogP contribution in [0.15, 0.2) is 29.5 Å². The Morgan fingerprint density at radius 2 is 2.11 bits per heavy atom. The molecular weight excluding hydrogens is 236 g/mol. The normalized spacial score (nSPS) is 11.7. The van der Waals surface area contributed by atoms with Gasteiger partial charge in [0.15, 0.2) is 5.96 Å². The highest BCUT2D eigenvalue weighted by Gasteiger charge is 2.04. The van der Waals surface area contributed by atoms with Gasteiger partial charge in [-0.3, -0.25) is 9.98 Å². The van der Waals surface area contributed by atoms with Gasteiger partial charge in [0, 0.05) is 32.5 Å². The van der Waals surface area contributed by atoms with Gasteiger partial charge in [-0.15, -0.1) is 0 Å². The average Bonchev–Trinajstić information content (AvgIpc) is 2.47. The van der Waals surface area contributed by atoms with Crippen molar-refractivity contribution in [2.24, 2.45) is 10.9 Å². The smallest absolute Gasteiger partial charge is 0.190 e. The first-order valence-corrected chi connectivity index (χ1v) is 7.13. The molecule has 0 radical (unpaired) electrons. The summed E-state index contributed by atoms with van der Waals surface area (Å²) in [5.41, 5.74) is 1.24. The molecule has 0 saturated heterocycles. The molecule has 0 aliphatic rings. The highest BCUT2D eigenvalue weighted by Crippen LogP contribution is 2.04. The van der Waals surface area contributed by atoms with Crippen LogP contribution >= 0.6 is 0 Å². The molecule has 106 valence electrons. The van der Waals surface area contributed by atoms with E-state index >= 15 is 0 Å². The molecule has 0 fully saturated rings. The number of aliphatic imine (C=N–C) groups is 1. The van der Waals surface area contributed by atoms with Crippen LogP contribution in [0.25, 0.3) is 0 Å². The van der Waals surface area contributed by atoms with Gasteiger partial charge < -0.3 is 10.6 Å². The number of rotatable bonds is 7. The lowest BCUT2D eigenvalue weighted by Crippen LogP contribution is -2.40. The monoisotopic (exact) mass is 262 g/mol. The molecular formula is C15H26N4. The Morgan fingerprint density at radius 3 is 2.68 bits per heavy atom. The maximum Gasteiger partial charge on any atom is 0.190 e. The molecule has 4 nitrogen and oxygen atoms in total. The number of guanidine groups is 1. The van der Waals surface area contributed by atoms with Crippen molar-refractivity contribution in [2.45, 2.75) is 33.1 Å². The van der Waals surface area contributed by atoms with Crippen LogP contribution in [0.3, 0.4) is 0 Å². The van der Waals surface area contributed by atoms with Gasteiger partial charge in [0.25, 0.3) is 0 Å². The van der Waals surface area contributed by atoms with Gasteiger partial charge in [0.2, 0.25) is 0 Å². The van der Waals surface area contributed by atoms with Crippen molar-refractivity contribution in [2.75, 3.05) is 20.1 Å². The molecule has 1 heterocycles. The lowest BCUT2D eigenvalue weighted by atomic mass is 10.0. The molecule has 2 N–H and O–H groups in total. The Morgan fingerprint density at radius 1 is 1.32 bits per heavy atom. The van der Waals surface area contributed by atoms with Crippen LogP contribution in [0, 0.1) is 5.92 Å². The lowest BCUT2D eigenvalue weighted by Gasteiger charge is -2.16. The van der Waals surface area contributed by atoms with E-state index in [1.807, 2.05) is 19.3 Å². The number of nitrogens with zero attached hydrogens (tertiary/aromatic N) is 2. The molecule has 0 aromatic carbocycles. The van der Waals surface area contributed by atoms with E-state index in [9.17, 15) is 0 Å². The number of aromatic nitrogens is 1. The van der Waals surface area contributed by atoms with Crippen molar-refractivity contribution in [1.29, 1.82) is 0 Å². The molecule has 0 aliphatic carbocycles. The molecule has 0 spiro atoms. The first-order chi connectivity index (χ1) is 9.30. The predicted octanol–water partition coefficient (Wildman–Crippen LogP) is 2.23. The molecule has 1 rings (SSSR count). The summed E-state index contributed by atoms with van der Waals surface area (Å²) in [6, 6.07) is 4.06. The minimum Gasteiger partial charge on any atom is -0.356 e. The van der Waals surface area contributed by atoms with E-state index in [0.29, 0.717) is 0 Å². The van der Waals surface area contributed by atoms with Crippen molar-refractivity contribution in [3.63, 3.8) is 0 Å². The maximum absolute atomic E-state index is 4.24. The molecule has 0 atom stereocenters. The predicted molar refractivity (Wildman–Crippen MR) is 81.4 cm³/mol. The second-order valence-electron chi connectivity index (χ2n) is 4.67. The van der Waals surface area contributed by atoms with E-state index in [0.717, 1.165) is 31.4 Å². The molecule has 0 unspecified atom stereocenters. The molecule has 0 saturated carbocycles. The Hall–Kier alpha value is -1.58. The van der Waals surface area contributed by atoms with E-state index in [2.05, 4.69) is 40.5 Å². The first-order valence-electron chi connectivity index (χ1n) is 7.13. The van der Waals surface area contributed by atoms with Gasteiger partial charge in [0.1, 0.15) is 0 Å². The standard InChI is InChI=1S/C15H26N4/c1-4-13(5-2)12-19-15(16-3)18-10-8-14-7-6-9-17-11-14/h6-7,9,11,13H,4-5,8,10,12H2,1-3H3,(H2,16,18,19). The Bertz CT molecular complexity index is 358. The summed E-state index contributed by atoms with van der Waals surface area (Å²) in [6.45, 7) is 6.32. The Balaban J connectivity index is 2.26. The highest BCUT2D eigenvalue weighted by molar-refractivity contribution is 5.79. The van der Waals surface area contributed by atoms with E-state index in [-0.39, 0.29) is 0 Å². The van der Waals surface area contributed by atoms with Crippen LogP contribution in [0.1, 0.15) is 32.3 Å². The minimum atomic E-state index is 0.719. The van der Waals surface area contributed by atoms with E-state index in [1.165, 1.54) is 18.4 Å². The maximum atomic E-state index is 4.24. The molecule has 19 heavy (non-hydrogen) atoms. The van der Waals surface area contributed by atoms with Crippen LogP contribution in [-0.2, 0) is 6.42 Å². The molecule has 0 bridgehead atoms. The van der Waals surface area contributed by atoms with Crippen LogP contribution < -0.4 is 10.6 Å². The third kappa shape index (κ3) is 6.22. The quantitative estimate of drug-likeness (QED) is 0.585. The highest BCUT2D eigenvalue weighted by atomic mass is 15.2. The fourth-order valence-electron chi connectivity index (χ4n) is 1.91. The largest absolute Gasteiger partial charge is 0.356 e. The summed E-state index contributed by atoms with van der Waals surface area (Å²) in [6.07, 6.45) is 7.07. The molecule has 1 aromatic rings. The molecule has 0 aliphatic heterocycles. The van der Waals surface area contributed by atoms with Gasteiger partial charge >= 0.3 is 0 Å². The second kappa shape index (κ2) is 9.36. The van der Waals surface area contributed by atoms with Gasteiger partial charge in [-0.25, -0.2) is 0 Å². The lowest BCUT2D eigenvalue weighted by molar-refractivity contribution is 0.481. The summed E-state index contributed by atoms with van der Waals surface area (Å²) >= 11 is 0. The summed E-state index contributed by atoms with van der Waals surface area (Å²) < 4.78 is 0. The third-order valence-electron chi connectivity index (χ3n) is 3.37. The second-order valence-corrected chi connectivity index (χ2v) is 4.67. The van der Waals surface area contributed by atoms with Crippen molar-refractivity contribution < 1.29 is 0 Å². The van der Waals surface area contributed by atoms with E-state index in [4.69, 9.17) is 0 Å². The molecule has 4 heteroatoms. The fourth-order valence-corrected chi connectivity index (χ4v) is 1.91. The van der Waals surface area contributed by atoms with Crippen molar-refractivity contribution in [1.82, 2.24) is 15.6 Å². The summed E-state index contributed by atoms with van der Waals surface area (Å²) in [5.74, 6) is 1.60. The Kier molecular flexibility index (Phi) is 7.63. The Labute approximate surface area is 116 Å². The number of pyridine rings is 1. The van der Waals surface area contributed by atoms with Gasteiger partial charge in [-0.2, -0.15) is 0 Å². The van der Waals surface area contributed by atoms with E-state index < -0.39 is 0 Å². The number of hydrogen-bond acceptors (Lipinski definition) is 2. The number of hydrogen-bond donors (Lipinski definition) is 2. The minimum absolute atomic E-state index is 0.719. The topological polar surface area (TPSA) is 49.3 Å². The van der Waals surface area contributed by atoms with Crippen molar-refractivity contribution in [3.8, 4) is 0 Å². The molecule has 0 amide bonds. The van der Waals surface area contributed by atoms with Gasteiger partial charge in [0.05, 0.1) is 0 Å². The number of nitrogens with one attached hydrogen (secondary N) is 2. The fraction of sp³-hybridized carbons (Fsp3) is 0.600. The summed E-state index contributed by atoms with van der Waals surface area (Å²) in [5, 5.41) is 6.71. The SMILES string of the molecule is CCC(CC)CNC(=NC)NCCc1cccnc1. The first kappa shape index (κ1) is 15.5. The summed E-state index contributed by atoms with van der Waals surface area (Å²) in [7, 11) is 1.81. The van der Waals surface area contributed by atoms with Crippen LogP contribution in [-0.4, -0.2) is 31.1 Å². The van der Waals surface area contributed by atoms with Crippen molar-refractivity contribution in [3.05, 3.63) is 30.1 Å². The zero-order valence-corrected chi connectivity index (χ0v) is 12.3. The van der Waals surface area contributed by atoms with Crippen molar-refractivity contribution >= 4 is 5.96 Å².